The lowest BCUT2D eigenvalue weighted by atomic mass is 10.1. The predicted octanol–water partition coefficient (Wildman–Crippen LogP) is 2.77. The first-order chi connectivity index (χ1) is 10.6. The van der Waals surface area contributed by atoms with Gasteiger partial charge in [0.05, 0.1) is 5.56 Å². The van der Waals surface area contributed by atoms with E-state index in [1.807, 2.05) is 37.3 Å². The van der Waals surface area contributed by atoms with Gasteiger partial charge in [-0.05, 0) is 30.2 Å². The number of carbonyl (C=O) groups is 2. The van der Waals surface area contributed by atoms with Gasteiger partial charge < -0.3 is 15.8 Å². The summed E-state index contributed by atoms with van der Waals surface area (Å²) in [4.78, 5) is 22.7. The zero-order valence-electron chi connectivity index (χ0n) is 12.3. The Morgan fingerprint density at radius 1 is 1.09 bits per heavy atom. The molecule has 2 aromatic rings. The van der Waals surface area contributed by atoms with Gasteiger partial charge in [0.15, 0.2) is 0 Å². The van der Waals surface area contributed by atoms with Crippen LogP contribution in [-0.2, 0) is 11.3 Å². The third kappa shape index (κ3) is 4.34. The van der Waals surface area contributed by atoms with Gasteiger partial charge in [-0.2, -0.15) is 0 Å². The van der Waals surface area contributed by atoms with E-state index in [0.717, 1.165) is 11.1 Å². The highest BCUT2D eigenvalue weighted by molar-refractivity contribution is 5.89. The molecule has 1 atom stereocenters. The Kier molecular flexibility index (Phi) is 5.14. The van der Waals surface area contributed by atoms with E-state index >= 15 is 0 Å². The molecule has 0 aromatic heterocycles. The number of esters is 1. The first kappa shape index (κ1) is 15.6. The summed E-state index contributed by atoms with van der Waals surface area (Å²) >= 11 is 0. The monoisotopic (exact) mass is 298 g/mol. The lowest BCUT2D eigenvalue weighted by Crippen LogP contribution is -2.28. The van der Waals surface area contributed by atoms with Crippen LogP contribution < -0.4 is 11.1 Å². The van der Waals surface area contributed by atoms with Crippen LogP contribution in [0.2, 0.25) is 0 Å². The van der Waals surface area contributed by atoms with Crippen LogP contribution in [0.4, 0.5) is 4.79 Å². The summed E-state index contributed by atoms with van der Waals surface area (Å²) in [5, 5.41) is 2.49. The Labute approximate surface area is 129 Å². The molecular weight excluding hydrogens is 280 g/mol. The fraction of sp³-hybridized carbons (Fsp3) is 0.176. The van der Waals surface area contributed by atoms with Crippen molar-refractivity contribution in [3.8, 4) is 0 Å². The van der Waals surface area contributed by atoms with Crippen LogP contribution in [0.5, 0.6) is 0 Å². The summed E-state index contributed by atoms with van der Waals surface area (Å²) in [6.07, 6.45) is -0.315. The predicted molar refractivity (Wildman–Crippen MR) is 83.1 cm³/mol. The third-order valence-corrected chi connectivity index (χ3v) is 3.21. The Hall–Kier alpha value is -2.82. The molecule has 22 heavy (non-hydrogen) atoms. The molecule has 2 rings (SSSR count). The van der Waals surface area contributed by atoms with Crippen LogP contribution in [0.15, 0.2) is 54.6 Å². The molecule has 0 aliphatic heterocycles. The standard InChI is InChI=1S/C17H18N2O3/c1-12(14-5-3-2-4-6-14)22-16(20)15-9-7-13(8-10-15)11-19-17(18)21/h2-10,12H,11H2,1H3,(H3,18,19,21)/t12-/m1/s1. The van der Waals surface area contributed by atoms with Crippen molar-refractivity contribution in [2.24, 2.45) is 5.73 Å². The van der Waals surface area contributed by atoms with Gasteiger partial charge in [0, 0.05) is 6.54 Å². The van der Waals surface area contributed by atoms with E-state index in [1.54, 1.807) is 24.3 Å². The third-order valence-electron chi connectivity index (χ3n) is 3.21. The van der Waals surface area contributed by atoms with Crippen LogP contribution in [0.25, 0.3) is 0 Å². The summed E-state index contributed by atoms with van der Waals surface area (Å²) in [7, 11) is 0. The molecule has 0 fully saturated rings. The van der Waals surface area contributed by atoms with Gasteiger partial charge in [-0.25, -0.2) is 9.59 Å². The fourth-order valence-corrected chi connectivity index (χ4v) is 1.97. The number of primary amides is 1. The molecule has 0 unspecified atom stereocenters. The Bertz CT molecular complexity index is 639. The van der Waals surface area contributed by atoms with Crippen molar-refractivity contribution < 1.29 is 14.3 Å². The maximum Gasteiger partial charge on any atom is 0.338 e. The van der Waals surface area contributed by atoms with Gasteiger partial charge in [0.1, 0.15) is 6.10 Å². The quantitative estimate of drug-likeness (QED) is 0.833. The number of amides is 2. The molecule has 3 N–H and O–H groups in total. The highest BCUT2D eigenvalue weighted by atomic mass is 16.5. The molecule has 0 spiro atoms. The second-order valence-corrected chi connectivity index (χ2v) is 4.87. The maximum atomic E-state index is 12.1. The summed E-state index contributed by atoms with van der Waals surface area (Å²) < 4.78 is 5.43. The minimum absolute atomic E-state index is 0.315. The van der Waals surface area contributed by atoms with Crippen molar-refractivity contribution in [2.45, 2.75) is 19.6 Å². The van der Waals surface area contributed by atoms with E-state index in [1.165, 1.54) is 0 Å². The maximum absolute atomic E-state index is 12.1. The fourth-order valence-electron chi connectivity index (χ4n) is 1.97. The molecule has 0 saturated heterocycles. The molecule has 2 amide bonds. The van der Waals surface area contributed by atoms with E-state index in [0.29, 0.717) is 12.1 Å². The summed E-state index contributed by atoms with van der Waals surface area (Å²) in [6.45, 7) is 2.16. The lowest BCUT2D eigenvalue weighted by Gasteiger charge is -2.13. The molecule has 0 radical (unpaired) electrons. The second-order valence-electron chi connectivity index (χ2n) is 4.87. The van der Waals surface area contributed by atoms with Gasteiger partial charge in [0.2, 0.25) is 0 Å². The van der Waals surface area contributed by atoms with E-state index in [-0.39, 0.29) is 12.1 Å². The van der Waals surface area contributed by atoms with Crippen LogP contribution in [0, 0.1) is 0 Å². The minimum Gasteiger partial charge on any atom is -0.454 e. The Morgan fingerprint density at radius 2 is 1.73 bits per heavy atom. The van der Waals surface area contributed by atoms with Gasteiger partial charge in [-0.15, -0.1) is 0 Å². The minimum atomic E-state index is -0.583. The number of nitrogens with one attached hydrogen (secondary N) is 1. The van der Waals surface area contributed by atoms with Gasteiger partial charge in [-0.3, -0.25) is 0 Å². The molecule has 5 nitrogen and oxygen atoms in total. The number of rotatable bonds is 5. The molecule has 0 heterocycles. The molecule has 0 aliphatic rings. The normalized spacial score (nSPS) is 11.5. The molecular formula is C17H18N2O3. The number of urea groups is 1. The van der Waals surface area contributed by atoms with Crippen LogP contribution >= 0.6 is 0 Å². The number of nitrogens with two attached hydrogens (primary N) is 1. The van der Waals surface area contributed by atoms with E-state index in [2.05, 4.69) is 5.32 Å². The van der Waals surface area contributed by atoms with Crippen molar-refractivity contribution in [3.63, 3.8) is 0 Å². The van der Waals surface area contributed by atoms with Gasteiger partial charge in [-0.1, -0.05) is 42.5 Å². The van der Waals surface area contributed by atoms with Crippen LogP contribution in [0.3, 0.4) is 0 Å². The molecule has 0 aliphatic carbocycles. The van der Waals surface area contributed by atoms with Crippen LogP contribution in [-0.4, -0.2) is 12.0 Å². The largest absolute Gasteiger partial charge is 0.454 e. The summed E-state index contributed by atoms with van der Waals surface area (Å²) in [5.41, 5.74) is 7.26. The number of carbonyl (C=O) groups excluding carboxylic acids is 2. The zero-order valence-corrected chi connectivity index (χ0v) is 12.3. The highest BCUT2D eigenvalue weighted by Crippen LogP contribution is 2.18. The van der Waals surface area contributed by atoms with Crippen molar-refractivity contribution in [1.82, 2.24) is 5.32 Å². The first-order valence-electron chi connectivity index (χ1n) is 6.94. The molecule has 2 aromatic carbocycles. The molecule has 114 valence electrons. The molecule has 5 heteroatoms. The zero-order chi connectivity index (χ0) is 15.9. The molecule has 0 saturated carbocycles. The van der Waals surface area contributed by atoms with Crippen molar-refractivity contribution in [2.75, 3.05) is 0 Å². The number of ether oxygens (including phenoxy) is 1. The highest BCUT2D eigenvalue weighted by Gasteiger charge is 2.13. The van der Waals surface area contributed by atoms with Crippen molar-refractivity contribution in [1.29, 1.82) is 0 Å². The number of benzene rings is 2. The van der Waals surface area contributed by atoms with Crippen LogP contribution in [0.1, 0.15) is 34.5 Å². The smallest absolute Gasteiger partial charge is 0.338 e. The van der Waals surface area contributed by atoms with Gasteiger partial charge >= 0.3 is 12.0 Å². The Balaban J connectivity index is 1.96. The van der Waals surface area contributed by atoms with E-state index in [4.69, 9.17) is 10.5 Å². The average molecular weight is 298 g/mol. The average Bonchev–Trinajstić information content (AvgIpc) is 2.54. The SMILES string of the molecule is C[C@@H](OC(=O)c1ccc(CNC(N)=O)cc1)c1ccccc1. The molecule has 0 bridgehead atoms. The topological polar surface area (TPSA) is 81.4 Å². The van der Waals surface area contributed by atoms with Crippen molar-refractivity contribution >= 4 is 12.0 Å². The van der Waals surface area contributed by atoms with Crippen molar-refractivity contribution in [3.05, 3.63) is 71.3 Å². The summed E-state index contributed by atoms with van der Waals surface area (Å²) in [6, 6.07) is 15.8. The van der Waals surface area contributed by atoms with Gasteiger partial charge in [0.25, 0.3) is 0 Å². The lowest BCUT2D eigenvalue weighted by molar-refractivity contribution is 0.0338. The second kappa shape index (κ2) is 7.26. The Morgan fingerprint density at radius 3 is 2.32 bits per heavy atom. The van der Waals surface area contributed by atoms with E-state index in [9.17, 15) is 9.59 Å². The number of hydrogen-bond donors (Lipinski definition) is 2. The number of hydrogen-bond acceptors (Lipinski definition) is 3. The first-order valence-corrected chi connectivity index (χ1v) is 6.94. The summed E-state index contributed by atoms with van der Waals surface area (Å²) in [5.74, 6) is -0.384. The van der Waals surface area contributed by atoms with E-state index < -0.39 is 6.03 Å².